The van der Waals surface area contributed by atoms with Crippen molar-refractivity contribution in [3.05, 3.63) is 22.6 Å². The Bertz CT molecular complexity index is 488. The molecule has 1 unspecified atom stereocenters. The SMILES string of the molecule is O=C(CCn1cnc([N+](=O)[O-])c1)NCC(O)C(F)(F)F. The van der Waals surface area contributed by atoms with E-state index < -0.39 is 35.5 Å². The van der Waals surface area contributed by atoms with Crippen molar-refractivity contribution in [3.63, 3.8) is 0 Å². The zero-order chi connectivity index (χ0) is 15.3. The maximum Gasteiger partial charge on any atom is 0.416 e. The summed E-state index contributed by atoms with van der Waals surface area (Å²) in [4.78, 5) is 24.3. The Morgan fingerprint density at radius 2 is 2.25 bits per heavy atom. The van der Waals surface area contributed by atoms with Crippen molar-refractivity contribution in [3.8, 4) is 0 Å². The highest BCUT2D eigenvalue weighted by Crippen LogP contribution is 2.19. The highest BCUT2D eigenvalue weighted by Gasteiger charge is 2.38. The molecule has 8 nitrogen and oxygen atoms in total. The summed E-state index contributed by atoms with van der Waals surface area (Å²) in [6, 6.07) is 0. The van der Waals surface area contributed by atoms with Gasteiger partial charge in [0.05, 0.1) is 6.54 Å². The van der Waals surface area contributed by atoms with E-state index in [9.17, 15) is 28.1 Å². The second kappa shape index (κ2) is 6.32. The largest absolute Gasteiger partial charge is 0.416 e. The number of imidazole rings is 1. The molecule has 0 saturated carbocycles. The number of amides is 1. The number of alkyl halides is 3. The van der Waals surface area contributed by atoms with Gasteiger partial charge >= 0.3 is 12.0 Å². The van der Waals surface area contributed by atoms with Gasteiger partial charge < -0.3 is 25.1 Å². The minimum atomic E-state index is -4.79. The lowest BCUT2D eigenvalue weighted by molar-refractivity contribution is -0.389. The minimum Gasteiger partial charge on any atom is -0.382 e. The molecule has 0 aliphatic heterocycles. The highest BCUT2D eigenvalue weighted by molar-refractivity contribution is 5.75. The molecule has 1 aromatic heterocycles. The van der Waals surface area contributed by atoms with Crippen molar-refractivity contribution in [2.24, 2.45) is 0 Å². The Balaban J connectivity index is 2.34. The van der Waals surface area contributed by atoms with Crippen molar-refractivity contribution in [2.45, 2.75) is 25.2 Å². The molecule has 1 heterocycles. The number of hydrogen-bond acceptors (Lipinski definition) is 5. The molecule has 0 fully saturated rings. The van der Waals surface area contributed by atoms with Gasteiger partial charge in [0.15, 0.2) is 6.10 Å². The maximum absolute atomic E-state index is 12.0. The normalized spacial score (nSPS) is 13.0. The van der Waals surface area contributed by atoms with Crippen LogP contribution in [0.4, 0.5) is 19.0 Å². The zero-order valence-electron chi connectivity index (χ0n) is 10.0. The number of hydrogen-bond donors (Lipinski definition) is 2. The monoisotopic (exact) mass is 296 g/mol. The van der Waals surface area contributed by atoms with E-state index >= 15 is 0 Å². The zero-order valence-corrected chi connectivity index (χ0v) is 10.0. The fourth-order valence-electron chi connectivity index (χ4n) is 1.21. The molecule has 1 amide bonds. The molecule has 20 heavy (non-hydrogen) atoms. The maximum atomic E-state index is 12.0. The first-order valence-corrected chi connectivity index (χ1v) is 5.38. The molecule has 0 radical (unpaired) electrons. The average Bonchev–Trinajstić information content (AvgIpc) is 2.81. The van der Waals surface area contributed by atoms with Gasteiger partial charge in [-0.15, -0.1) is 0 Å². The Morgan fingerprint density at radius 3 is 2.75 bits per heavy atom. The van der Waals surface area contributed by atoms with Gasteiger partial charge in [-0.1, -0.05) is 0 Å². The van der Waals surface area contributed by atoms with E-state index in [1.165, 1.54) is 4.57 Å². The molecule has 0 saturated heterocycles. The molecule has 0 bridgehead atoms. The van der Waals surface area contributed by atoms with Crippen LogP contribution in [-0.4, -0.2) is 44.3 Å². The smallest absolute Gasteiger partial charge is 0.382 e. The van der Waals surface area contributed by atoms with E-state index in [4.69, 9.17) is 5.11 Å². The van der Waals surface area contributed by atoms with Crippen LogP contribution in [-0.2, 0) is 11.3 Å². The van der Waals surface area contributed by atoms with E-state index in [0.29, 0.717) is 0 Å². The molecule has 0 aliphatic carbocycles. The molecule has 1 rings (SSSR count). The number of nitrogens with one attached hydrogen (secondary N) is 1. The van der Waals surface area contributed by atoms with Gasteiger partial charge in [0.1, 0.15) is 6.20 Å². The van der Waals surface area contributed by atoms with Crippen molar-refractivity contribution in [1.29, 1.82) is 0 Å². The van der Waals surface area contributed by atoms with Gasteiger partial charge in [0.25, 0.3) is 0 Å². The molecule has 2 N–H and O–H groups in total. The highest BCUT2D eigenvalue weighted by atomic mass is 19.4. The van der Waals surface area contributed by atoms with Crippen LogP contribution in [0.3, 0.4) is 0 Å². The summed E-state index contributed by atoms with van der Waals surface area (Å²) in [6.45, 7) is -0.915. The Kier molecular flexibility index (Phi) is 5.02. The molecule has 0 aliphatic rings. The third kappa shape index (κ3) is 4.84. The number of aliphatic hydroxyl groups excluding tert-OH is 1. The Hall–Kier alpha value is -2.17. The molecular weight excluding hydrogens is 285 g/mol. The van der Waals surface area contributed by atoms with Crippen molar-refractivity contribution in [2.75, 3.05) is 6.54 Å². The topological polar surface area (TPSA) is 110 Å². The number of nitro groups is 1. The average molecular weight is 296 g/mol. The lowest BCUT2D eigenvalue weighted by Gasteiger charge is -2.14. The second-order valence-corrected chi connectivity index (χ2v) is 3.84. The molecule has 1 aromatic rings. The fraction of sp³-hybridized carbons (Fsp3) is 0.556. The number of aromatic nitrogens is 2. The molecule has 0 aromatic carbocycles. The first kappa shape index (κ1) is 15.9. The van der Waals surface area contributed by atoms with Gasteiger partial charge in [-0.05, 0) is 9.91 Å². The fourth-order valence-corrected chi connectivity index (χ4v) is 1.21. The number of carbonyl (C=O) groups is 1. The summed E-state index contributed by atoms with van der Waals surface area (Å²) in [5, 5.41) is 20.9. The summed E-state index contributed by atoms with van der Waals surface area (Å²) < 4.78 is 37.1. The first-order valence-electron chi connectivity index (χ1n) is 5.38. The Morgan fingerprint density at radius 1 is 1.60 bits per heavy atom. The summed E-state index contributed by atoms with van der Waals surface area (Å²) in [7, 11) is 0. The number of aryl methyl sites for hydroxylation is 1. The third-order valence-corrected chi connectivity index (χ3v) is 2.27. The van der Waals surface area contributed by atoms with E-state index in [-0.39, 0.29) is 13.0 Å². The number of nitrogens with zero attached hydrogens (tertiary/aromatic N) is 3. The third-order valence-electron chi connectivity index (χ3n) is 2.27. The summed E-state index contributed by atoms with van der Waals surface area (Å²) in [6.07, 6.45) is -5.38. The van der Waals surface area contributed by atoms with Crippen molar-refractivity contribution < 1.29 is 28.0 Å². The number of rotatable bonds is 6. The molecule has 1 atom stereocenters. The van der Waals surface area contributed by atoms with Crippen molar-refractivity contribution >= 4 is 11.7 Å². The predicted molar refractivity (Wildman–Crippen MR) is 58.6 cm³/mol. The van der Waals surface area contributed by atoms with Gasteiger partial charge in [-0.3, -0.25) is 4.79 Å². The van der Waals surface area contributed by atoms with E-state index in [0.717, 1.165) is 12.5 Å². The minimum absolute atomic E-state index is 0.0226. The summed E-state index contributed by atoms with van der Waals surface area (Å²) in [5.74, 6) is -1.11. The lowest BCUT2D eigenvalue weighted by atomic mass is 10.3. The van der Waals surface area contributed by atoms with Crippen LogP contribution < -0.4 is 5.32 Å². The molecule has 0 spiro atoms. The van der Waals surface area contributed by atoms with Gasteiger partial charge in [-0.25, -0.2) is 0 Å². The van der Waals surface area contributed by atoms with Crippen LogP contribution in [0, 0.1) is 10.1 Å². The number of carbonyl (C=O) groups excluding carboxylic acids is 1. The van der Waals surface area contributed by atoms with Gasteiger partial charge in [0.2, 0.25) is 12.2 Å². The van der Waals surface area contributed by atoms with E-state index in [1.807, 2.05) is 5.32 Å². The van der Waals surface area contributed by atoms with Crippen LogP contribution in [0.15, 0.2) is 12.5 Å². The van der Waals surface area contributed by atoms with Gasteiger partial charge in [-0.2, -0.15) is 13.2 Å². The Labute approximate surface area is 110 Å². The van der Waals surface area contributed by atoms with Crippen LogP contribution in [0.25, 0.3) is 0 Å². The number of halogens is 3. The van der Waals surface area contributed by atoms with Crippen LogP contribution >= 0.6 is 0 Å². The number of aliphatic hydroxyl groups is 1. The second-order valence-electron chi connectivity index (χ2n) is 3.84. The predicted octanol–water partition coefficient (Wildman–Crippen LogP) is 0.221. The summed E-state index contributed by atoms with van der Waals surface area (Å²) in [5.41, 5.74) is 0. The first-order chi connectivity index (χ1) is 9.20. The van der Waals surface area contributed by atoms with Crippen molar-refractivity contribution in [1.82, 2.24) is 14.9 Å². The van der Waals surface area contributed by atoms with Crippen LogP contribution in [0.2, 0.25) is 0 Å². The molecule has 11 heteroatoms. The lowest BCUT2D eigenvalue weighted by Crippen LogP contribution is -2.40. The standard InChI is InChI=1S/C9H11F3N4O4/c10-9(11,12)6(17)3-13-8(18)1-2-15-4-7(14-5-15)16(19)20/h4-6,17H,1-3H2,(H,13,18). The van der Waals surface area contributed by atoms with Crippen LogP contribution in [0.5, 0.6) is 0 Å². The van der Waals surface area contributed by atoms with Gasteiger partial charge in [0, 0.05) is 13.0 Å². The van der Waals surface area contributed by atoms with E-state index in [1.54, 1.807) is 0 Å². The van der Waals surface area contributed by atoms with Crippen LogP contribution in [0.1, 0.15) is 6.42 Å². The molecular formula is C9H11F3N4O4. The molecule has 112 valence electrons. The quantitative estimate of drug-likeness (QED) is 0.576. The summed E-state index contributed by atoms with van der Waals surface area (Å²) >= 11 is 0. The van der Waals surface area contributed by atoms with E-state index in [2.05, 4.69) is 4.98 Å².